The van der Waals surface area contributed by atoms with E-state index >= 15 is 0 Å². The second kappa shape index (κ2) is 8.89. The van der Waals surface area contributed by atoms with Crippen LogP contribution >= 0.6 is 0 Å². The van der Waals surface area contributed by atoms with E-state index in [4.69, 9.17) is 0 Å². The lowest BCUT2D eigenvalue weighted by molar-refractivity contribution is -0.100. The summed E-state index contributed by atoms with van der Waals surface area (Å²) in [6, 6.07) is 0. The van der Waals surface area contributed by atoms with E-state index in [1.54, 1.807) is 5.57 Å². The standard InChI is InChI=1S/C28H48O/c1-19(2)9-8-10-20(3)23-16-18-28(7)24(23)13-14-25-26(28)12-11-21(4)27(25,6)17-15-22(5)29/h9,21-22,24-26,29H,8,10-18H2,1-7H3/b23-20-. The largest absolute Gasteiger partial charge is 0.393 e. The molecule has 3 rings (SSSR count). The van der Waals surface area contributed by atoms with E-state index < -0.39 is 0 Å². The van der Waals surface area contributed by atoms with Crippen LogP contribution in [0.5, 0.6) is 0 Å². The average molecular weight is 401 g/mol. The van der Waals surface area contributed by atoms with Crippen molar-refractivity contribution in [2.24, 2.45) is 34.5 Å². The van der Waals surface area contributed by atoms with E-state index in [0.29, 0.717) is 10.8 Å². The Hall–Kier alpha value is -0.560. The molecular formula is C28H48O. The number of aliphatic hydroxyl groups is 1. The molecule has 0 heterocycles. The van der Waals surface area contributed by atoms with Crippen molar-refractivity contribution >= 4 is 0 Å². The van der Waals surface area contributed by atoms with E-state index in [-0.39, 0.29) is 6.10 Å². The average Bonchev–Trinajstić information content (AvgIpc) is 3.00. The van der Waals surface area contributed by atoms with Crippen molar-refractivity contribution in [3.8, 4) is 0 Å². The smallest absolute Gasteiger partial charge is 0.0512 e. The molecule has 166 valence electrons. The van der Waals surface area contributed by atoms with E-state index in [1.165, 1.54) is 63.4 Å². The summed E-state index contributed by atoms with van der Waals surface area (Å²) in [6.07, 6.45) is 15.3. The van der Waals surface area contributed by atoms with Crippen LogP contribution in [0.15, 0.2) is 22.8 Å². The summed E-state index contributed by atoms with van der Waals surface area (Å²) in [7, 11) is 0. The highest BCUT2D eigenvalue weighted by Crippen LogP contribution is 2.67. The zero-order valence-corrected chi connectivity index (χ0v) is 20.5. The first-order valence-electron chi connectivity index (χ1n) is 12.6. The number of hydrogen-bond acceptors (Lipinski definition) is 1. The lowest BCUT2D eigenvalue weighted by Gasteiger charge is -2.59. The van der Waals surface area contributed by atoms with Crippen LogP contribution in [0.4, 0.5) is 0 Å². The predicted octanol–water partition coefficient (Wildman–Crippen LogP) is 8.09. The van der Waals surface area contributed by atoms with Crippen LogP contribution in [0.25, 0.3) is 0 Å². The van der Waals surface area contributed by atoms with Crippen molar-refractivity contribution in [2.75, 3.05) is 0 Å². The SMILES string of the molecule is CC(C)=CCC/C(C)=C1/CCC2(C)C1CCC1C2CCC(C)C1(C)CCC(C)O. The highest BCUT2D eigenvalue weighted by molar-refractivity contribution is 5.26. The molecule has 0 saturated heterocycles. The van der Waals surface area contributed by atoms with Gasteiger partial charge in [0.2, 0.25) is 0 Å². The van der Waals surface area contributed by atoms with Gasteiger partial charge < -0.3 is 5.11 Å². The fourth-order valence-electron chi connectivity index (χ4n) is 7.75. The fourth-order valence-corrected chi connectivity index (χ4v) is 7.75. The zero-order valence-electron chi connectivity index (χ0n) is 20.5. The maximum absolute atomic E-state index is 9.97. The van der Waals surface area contributed by atoms with Crippen molar-refractivity contribution < 1.29 is 5.11 Å². The van der Waals surface area contributed by atoms with Crippen LogP contribution in [0, 0.1) is 34.5 Å². The fraction of sp³-hybridized carbons (Fsp3) is 0.857. The molecular weight excluding hydrogens is 352 g/mol. The van der Waals surface area contributed by atoms with Crippen LogP contribution in [-0.4, -0.2) is 11.2 Å². The van der Waals surface area contributed by atoms with Gasteiger partial charge in [0, 0.05) is 0 Å². The summed E-state index contributed by atoms with van der Waals surface area (Å²) in [5.41, 5.74) is 5.93. The Bertz CT molecular complexity index is 637. The van der Waals surface area contributed by atoms with E-state index in [1.807, 2.05) is 12.5 Å². The van der Waals surface area contributed by atoms with Gasteiger partial charge in [-0.2, -0.15) is 0 Å². The lowest BCUT2D eigenvalue weighted by atomic mass is 9.45. The Labute approximate surface area is 181 Å². The molecule has 29 heavy (non-hydrogen) atoms. The summed E-state index contributed by atoms with van der Waals surface area (Å²) in [5, 5.41) is 9.97. The molecule has 1 nitrogen and oxygen atoms in total. The van der Waals surface area contributed by atoms with Gasteiger partial charge in [-0.1, -0.05) is 43.6 Å². The Morgan fingerprint density at radius 2 is 1.79 bits per heavy atom. The van der Waals surface area contributed by atoms with Gasteiger partial charge in [0.15, 0.2) is 0 Å². The van der Waals surface area contributed by atoms with Crippen molar-refractivity contribution in [2.45, 2.75) is 119 Å². The summed E-state index contributed by atoms with van der Waals surface area (Å²) in [4.78, 5) is 0. The van der Waals surface area contributed by atoms with Gasteiger partial charge in [-0.15, -0.1) is 0 Å². The Morgan fingerprint density at radius 1 is 1.10 bits per heavy atom. The number of fused-ring (bicyclic) bond motifs is 3. The molecule has 3 aliphatic rings. The molecule has 0 bridgehead atoms. The first-order chi connectivity index (χ1) is 13.6. The van der Waals surface area contributed by atoms with Gasteiger partial charge in [-0.05, 0) is 126 Å². The van der Waals surface area contributed by atoms with Crippen LogP contribution in [0.3, 0.4) is 0 Å². The number of rotatable bonds is 6. The van der Waals surface area contributed by atoms with Gasteiger partial charge in [0.25, 0.3) is 0 Å². The zero-order chi connectivity index (χ0) is 21.4. The number of aliphatic hydroxyl groups excluding tert-OH is 1. The molecule has 3 saturated carbocycles. The maximum atomic E-state index is 9.97. The molecule has 0 aliphatic heterocycles. The molecule has 1 heteroatoms. The lowest BCUT2D eigenvalue weighted by Crippen LogP contribution is -2.52. The van der Waals surface area contributed by atoms with Crippen LogP contribution < -0.4 is 0 Å². The Kier molecular flexibility index (Phi) is 7.09. The summed E-state index contributed by atoms with van der Waals surface area (Å²) >= 11 is 0. The predicted molar refractivity (Wildman–Crippen MR) is 126 cm³/mol. The molecule has 3 fully saturated rings. The summed E-state index contributed by atoms with van der Waals surface area (Å²) in [5.74, 6) is 3.38. The van der Waals surface area contributed by atoms with Gasteiger partial charge in [0.05, 0.1) is 6.10 Å². The minimum Gasteiger partial charge on any atom is -0.393 e. The molecule has 0 radical (unpaired) electrons. The van der Waals surface area contributed by atoms with Crippen molar-refractivity contribution in [3.63, 3.8) is 0 Å². The third-order valence-electron chi connectivity index (χ3n) is 9.85. The van der Waals surface area contributed by atoms with Gasteiger partial charge in [-0.3, -0.25) is 0 Å². The second-order valence-corrected chi connectivity index (χ2v) is 11.8. The molecule has 1 N–H and O–H groups in total. The quantitative estimate of drug-likeness (QED) is 0.447. The minimum absolute atomic E-state index is 0.157. The van der Waals surface area contributed by atoms with Crippen LogP contribution in [0.1, 0.15) is 113 Å². The molecule has 7 unspecified atom stereocenters. The van der Waals surface area contributed by atoms with Crippen molar-refractivity contribution in [1.29, 1.82) is 0 Å². The van der Waals surface area contributed by atoms with Crippen LogP contribution in [-0.2, 0) is 0 Å². The minimum atomic E-state index is -0.157. The van der Waals surface area contributed by atoms with Crippen molar-refractivity contribution in [3.05, 3.63) is 22.8 Å². The molecule has 0 amide bonds. The number of allylic oxidation sites excluding steroid dienone is 4. The third-order valence-corrected chi connectivity index (χ3v) is 9.85. The second-order valence-electron chi connectivity index (χ2n) is 11.8. The highest BCUT2D eigenvalue weighted by atomic mass is 16.3. The third kappa shape index (κ3) is 4.41. The first-order valence-corrected chi connectivity index (χ1v) is 12.6. The van der Waals surface area contributed by atoms with Gasteiger partial charge >= 0.3 is 0 Å². The Balaban J connectivity index is 1.81. The molecule has 7 atom stereocenters. The maximum Gasteiger partial charge on any atom is 0.0512 e. The van der Waals surface area contributed by atoms with E-state index in [0.717, 1.165) is 30.1 Å². The van der Waals surface area contributed by atoms with Gasteiger partial charge in [0.1, 0.15) is 0 Å². The van der Waals surface area contributed by atoms with E-state index in [2.05, 4.69) is 47.6 Å². The molecule has 0 spiro atoms. The number of hydrogen-bond donors (Lipinski definition) is 1. The highest BCUT2D eigenvalue weighted by Gasteiger charge is 2.58. The monoisotopic (exact) mass is 400 g/mol. The molecule has 0 aromatic rings. The van der Waals surface area contributed by atoms with Gasteiger partial charge in [-0.25, -0.2) is 0 Å². The normalized spacial score (nSPS) is 42.1. The summed E-state index contributed by atoms with van der Waals surface area (Å²) < 4.78 is 0. The molecule has 0 aromatic carbocycles. The Morgan fingerprint density at radius 3 is 2.45 bits per heavy atom. The summed E-state index contributed by atoms with van der Waals surface area (Å²) in [6.45, 7) is 16.6. The first kappa shape index (κ1) is 23.1. The van der Waals surface area contributed by atoms with Crippen molar-refractivity contribution in [1.82, 2.24) is 0 Å². The van der Waals surface area contributed by atoms with E-state index in [9.17, 15) is 5.11 Å². The topological polar surface area (TPSA) is 20.2 Å². The van der Waals surface area contributed by atoms with Crippen LogP contribution in [0.2, 0.25) is 0 Å². The molecule has 0 aromatic heterocycles. The molecule has 3 aliphatic carbocycles.